The second-order valence-corrected chi connectivity index (χ2v) is 5.58. The Morgan fingerprint density at radius 1 is 1.41 bits per heavy atom. The van der Waals surface area contributed by atoms with E-state index in [4.69, 9.17) is 43.5 Å². The molecule has 0 radical (unpaired) electrons. The second kappa shape index (κ2) is 9.49. The van der Waals surface area contributed by atoms with Crippen LogP contribution in [0.15, 0.2) is 24.8 Å². The van der Waals surface area contributed by atoms with Crippen molar-refractivity contribution in [1.82, 2.24) is 0 Å². The summed E-state index contributed by atoms with van der Waals surface area (Å²) in [7, 11) is 1.51. The molecule has 120 valence electrons. The fraction of sp³-hybridized carbons (Fsp3) is 0.375. The average molecular weight is 343 g/mol. The Morgan fingerprint density at radius 2 is 2.14 bits per heavy atom. The Morgan fingerprint density at radius 3 is 2.73 bits per heavy atom. The first-order valence-corrected chi connectivity index (χ1v) is 7.63. The molecule has 1 aromatic carbocycles. The van der Waals surface area contributed by atoms with Crippen LogP contribution < -0.4 is 9.47 Å². The summed E-state index contributed by atoms with van der Waals surface area (Å²) < 4.78 is 11.1. The SMILES string of the molecule is C=CCC(=N)CCC(CC=N)Oc1cc(Cl)cc(Cl)c1OC. The maximum absolute atomic E-state index is 7.79. The topological polar surface area (TPSA) is 66.2 Å². The highest BCUT2D eigenvalue weighted by atomic mass is 35.5. The van der Waals surface area contributed by atoms with E-state index in [2.05, 4.69) is 6.58 Å². The maximum Gasteiger partial charge on any atom is 0.179 e. The minimum Gasteiger partial charge on any atom is -0.491 e. The van der Waals surface area contributed by atoms with E-state index in [9.17, 15) is 0 Å². The van der Waals surface area contributed by atoms with Crippen molar-refractivity contribution in [3.63, 3.8) is 0 Å². The predicted molar refractivity (Wildman–Crippen MR) is 92.6 cm³/mol. The smallest absolute Gasteiger partial charge is 0.179 e. The number of rotatable bonds is 10. The molecule has 22 heavy (non-hydrogen) atoms. The van der Waals surface area contributed by atoms with Crippen LogP contribution in [0.5, 0.6) is 11.5 Å². The number of nitrogens with one attached hydrogen (secondary N) is 2. The van der Waals surface area contributed by atoms with Crippen LogP contribution >= 0.6 is 23.2 Å². The zero-order chi connectivity index (χ0) is 16.5. The first kappa shape index (κ1) is 18.5. The van der Waals surface area contributed by atoms with E-state index in [1.54, 1.807) is 18.2 Å². The van der Waals surface area contributed by atoms with E-state index in [1.807, 2.05) is 0 Å². The molecule has 0 aliphatic carbocycles. The molecule has 1 rings (SSSR count). The molecule has 0 fully saturated rings. The highest BCUT2D eigenvalue weighted by Crippen LogP contribution is 2.38. The molecule has 1 atom stereocenters. The van der Waals surface area contributed by atoms with Gasteiger partial charge in [-0.05, 0) is 25.1 Å². The van der Waals surface area contributed by atoms with Crippen LogP contribution in [0.3, 0.4) is 0 Å². The number of hydrogen-bond donors (Lipinski definition) is 2. The standard InChI is InChI=1S/C16H20Cl2N2O2/c1-3-4-12(20)5-6-13(7-8-19)22-15-10-11(17)9-14(18)16(15)21-2/h3,8-10,13,19-20H,1,4-7H2,2H3. The Bertz CT molecular complexity index is 547. The van der Waals surface area contributed by atoms with Gasteiger partial charge < -0.3 is 20.3 Å². The van der Waals surface area contributed by atoms with E-state index >= 15 is 0 Å². The molecule has 1 aromatic rings. The van der Waals surface area contributed by atoms with E-state index in [1.165, 1.54) is 13.3 Å². The Hall–Kier alpha value is -1.52. The van der Waals surface area contributed by atoms with E-state index in [0.29, 0.717) is 52.9 Å². The molecule has 0 saturated heterocycles. The number of ether oxygens (including phenoxy) is 2. The Balaban J connectivity index is 2.84. The maximum atomic E-state index is 7.79. The van der Waals surface area contributed by atoms with Crippen molar-refractivity contribution in [3.8, 4) is 11.5 Å². The van der Waals surface area contributed by atoms with Gasteiger partial charge in [-0.15, -0.1) is 6.58 Å². The minimum atomic E-state index is -0.244. The van der Waals surface area contributed by atoms with E-state index in [-0.39, 0.29) is 6.10 Å². The highest BCUT2D eigenvalue weighted by Gasteiger charge is 2.16. The van der Waals surface area contributed by atoms with Crippen LogP contribution in [0.25, 0.3) is 0 Å². The van der Waals surface area contributed by atoms with Gasteiger partial charge in [0.15, 0.2) is 11.5 Å². The van der Waals surface area contributed by atoms with Gasteiger partial charge >= 0.3 is 0 Å². The van der Waals surface area contributed by atoms with Gasteiger partial charge in [-0.25, -0.2) is 0 Å². The van der Waals surface area contributed by atoms with Crippen molar-refractivity contribution in [2.24, 2.45) is 0 Å². The van der Waals surface area contributed by atoms with Gasteiger partial charge in [-0.1, -0.05) is 29.3 Å². The molecule has 2 N–H and O–H groups in total. The number of hydrogen-bond acceptors (Lipinski definition) is 4. The summed E-state index contributed by atoms with van der Waals surface area (Å²) in [5.41, 5.74) is 0.588. The van der Waals surface area contributed by atoms with E-state index < -0.39 is 0 Å². The molecule has 0 heterocycles. The van der Waals surface area contributed by atoms with Crippen molar-refractivity contribution in [1.29, 1.82) is 10.8 Å². The lowest BCUT2D eigenvalue weighted by atomic mass is 10.1. The van der Waals surface area contributed by atoms with Crippen LogP contribution in [0, 0.1) is 10.8 Å². The summed E-state index contributed by atoms with van der Waals surface area (Å²) in [5, 5.41) is 15.9. The molecule has 0 bridgehead atoms. The van der Waals surface area contributed by atoms with Crippen LogP contribution in [0.4, 0.5) is 0 Å². The van der Waals surface area contributed by atoms with Gasteiger partial charge in [0, 0.05) is 29.6 Å². The minimum absolute atomic E-state index is 0.244. The number of benzene rings is 1. The van der Waals surface area contributed by atoms with Crippen molar-refractivity contribution in [2.75, 3.05) is 7.11 Å². The normalized spacial score (nSPS) is 11.6. The lowest BCUT2D eigenvalue weighted by molar-refractivity contribution is 0.194. The third-order valence-corrected chi connectivity index (χ3v) is 3.51. The lowest BCUT2D eigenvalue weighted by Gasteiger charge is -2.20. The third kappa shape index (κ3) is 5.70. The van der Waals surface area contributed by atoms with Gasteiger partial charge in [0.1, 0.15) is 6.10 Å². The molecule has 0 spiro atoms. The molecule has 0 aromatic heterocycles. The average Bonchev–Trinajstić information content (AvgIpc) is 2.45. The number of methoxy groups -OCH3 is 1. The summed E-state index contributed by atoms with van der Waals surface area (Å²) in [6.07, 6.45) is 4.95. The number of halogens is 2. The van der Waals surface area contributed by atoms with E-state index in [0.717, 1.165) is 0 Å². The molecule has 0 aliphatic rings. The Labute approximate surface area is 141 Å². The van der Waals surface area contributed by atoms with Crippen molar-refractivity contribution >= 4 is 35.1 Å². The molecule has 0 saturated carbocycles. The quantitative estimate of drug-likeness (QED) is 0.455. The lowest BCUT2D eigenvalue weighted by Crippen LogP contribution is -2.19. The van der Waals surface area contributed by atoms with Crippen LogP contribution in [0.2, 0.25) is 10.0 Å². The second-order valence-electron chi connectivity index (χ2n) is 4.73. The van der Waals surface area contributed by atoms with Gasteiger partial charge in [-0.3, -0.25) is 0 Å². The van der Waals surface area contributed by atoms with Crippen LogP contribution in [-0.4, -0.2) is 25.1 Å². The van der Waals surface area contributed by atoms with Gasteiger partial charge in [0.25, 0.3) is 0 Å². The fourth-order valence-corrected chi connectivity index (χ4v) is 2.52. The summed E-state index contributed by atoms with van der Waals surface area (Å²) >= 11 is 12.1. The predicted octanol–water partition coefficient (Wildman–Crippen LogP) is 5.17. The third-order valence-electron chi connectivity index (χ3n) is 3.01. The zero-order valence-corrected chi connectivity index (χ0v) is 14.0. The molecule has 1 unspecified atom stereocenters. The summed E-state index contributed by atoms with van der Waals surface area (Å²) in [6, 6.07) is 3.22. The fourth-order valence-electron chi connectivity index (χ4n) is 1.97. The first-order chi connectivity index (χ1) is 10.5. The summed E-state index contributed by atoms with van der Waals surface area (Å²) in [4.78, 5) is 0. The Kier molecular flexibility index (Phi) is 7.99. The van der Waals surface area contributed by atoms with Gasteiger partial charge in [-0.2, -0.15) is 0 Å². The molecule has 4 nitrogen and oxygen atoms in total. The number of allylic oxidation sites excluding steroid dienone is 1. The molecule has 6 heteroatoms. The van der Waals surface area contributed by atoms with Gasteiger partial charge in [0.2, 0.25) is 0 Å². The first-order valence-electron chi connectivity index (χ1n) is 6.87. The molecule has 0 amide bonds. The summed E-state index contributed by atoms with van der Waals surface area (Å²) in [5.74, 6) is 0.865. The monoisotopic (exact) mass is 342 g/mol. The highest BCUT2D eigenvalue weighted by molar-refractivity contribution is 6.35. The van der Waals surface area contributed by atoms with Crippen molar-refractivity contribution in [2.45, 2.75) is 31.8 Å². The zero-order valence-electron chi connectivity index (χ0n) is 12.5. The van der Waals surface area contributed by atoms with Crippen molar-refractivity contribution < 1.29 is 9.47 Å². The molecule has 0 aliphatic heterocycles. The molecular formula is C16H20Cl2N2O2. The summed E-state index contributed by atoms with van der Waals surface area (Å²) in [6.45, 7) is 3.62. The van der Waals surface area contributed by atoms with Gasteiger partial charge in [0.05, 0.1) is 12.1 Å². The van der Waals surface area contributed by atoms with Crippen LogP contribution in [-0.2, 0) is 0 Å². The van der Waals surface area contributed by atoms with Crippen molar-refractivity contribution in [3.05, 3.63) is 34.8 Å². The largest absolute Gasteiger partial charge is 0.491 e. The molecular weight excluding hydrogens is 323 g/mol. The van der Waals surface area contributed by atoms with Crippen LogP contribution in [0.1, 0.15) is 25.7 Å².